The Hall–Kier alpha value is -1.94. The summed E-state index contributed by atoms with van der Waals surface area (Å²) in [5, 5.41) is 1.12. The minimum absolute atomic E-state index is 0.714. The van der Waals surface area contributed by atoms with E-state index >= 15 is 0 Å². The Bertz CT molecular complexity index is 740. The third kappa shape index (κ3) is 1.76. The maximum Gasteiger partial charge on any atom is 0.181 e. The van der Waals surface area contributed by atoms with Crippen LogP contribution in [0.15, 0.2) is 42.7 Å². The molecular weight excluding hydrogens is 230 g/mol. The number of hydrogen-bond acceptors (Lipinski definition) is 2. The molecule has 3 aromatic rings. The number of aromatic amines is 1. The lowest BCUT2D eigenvalue weighted by molar-refractivity contribution is 1.03. The summed E-state index contributed by atoms with van der Waals surface area (Å²) in [6.07, 6.45) is 3.80. The zero-order valence-corrected chi connectivity index (χ0v) is 10.2. The molecule has 0 fully saturated rings. The first-order valence-corrected chi connectivity index (χ1v) is 5.78. The topological polar surface area (TPSA) is 33.6 Å². The van der Waals surface area contributed by atoms with Gasteiger partial charge in [-0.05, 0) is 43.4 Å². The number of H-pyrrole nitrogens is 1. The van der Waals surface area contributed by atoms with Crippen molar-refractivity contribution in [1.29, 1.82) is 0 Å². The van der Waals surface area contributed by atoms with E-state index in [0.29, 0.717) is 4.77 Å². The van der Waals surface area contributed by atoms with Gasteiger partial charge in [-0.1, -0.05) is 6.07 Å². The standard InChI is InChI=1S/C13H11N3S/c1-9-8-16(13(17)15-9)11-4-5-12-10(7-11)3-2-6-14-12/h2-8H,1H3,(H,15,17). The molecule has 0 spiro atoms. The first-order chi connectivity index (χ1) is 8.24. The fourth-order valence-corrected chi connectivity index (χ4v) is 2.24. The smallest absolute Gasteiger partial charge is 0.181 e. The van der Waals surface area contributed by atoms with Crippen molar-refractivity contribution in [2.75, 3.05) is 0 Å². The SMILES string of the molecule is Cc1cn(-c2ccc3ncccc3c2)c(=S)[nH]1. The molecule has 0 saturated carbocycles. The van der Waals surface area contributed by atoms with Gasteiger partial charge in [0.15, 0.2) is 4.77 Å². The number of imidazole rings is 1. The minimum Gasteiger partial charge on any atom is -0.335 e. The number of nitrogens with one attached hydrogen (secondary N) is 1. The molecule has 0 aliphatic heterocycles. The number of benzene rings is 1. The van der Waals surface area contributed by atoms with Gasteiger partial charge in [-0.25, -0.2) is 0 Å². The quantitative estimate of drug-likeness (QED) is 0.662. The zero-order chi connectivity index (χ0) is 11.8. The molecule has 1 aromatic carbocycles. The number of nitrogens with zero attached hydrogens (tertiary/aromatic N) is 2. The molecule has 0 unspecified atom stereocenters. The number of pyridine rings is 1. The molecule has 17 heavy (non-hydrogen) atoms. The van der Waals surface area contributed by atoms with Crippen LogP contribution < -0.4 is 0 Å². The van der Waals surface area contributed by atoms with E-state index < -0.39 is 0 Å². The molecule has 3 rings (SSSR count). The Kier molecular flexibility index (Phi) is 2.30. The van der Waals surface area contributed by atoms with Crippen LogP contribution in [0.2, 0.25) is 0 Å². The van der Waals surface area contributed by atoms with Gasteiger partial charge < -0.3 is 4.98 Å². The van der Waals surface area contributed by atoms with E-state index in [9.17, 15) is 0 Å². The summed E-state index contributed by atoms with van der Waals surface area (Å²) in [7, 11) is 0. The van der Waals surface area contributed by atoms with Crippen LogP contribution in [0.25, 0.3) is 16.6 Å². The van der Waals surface area contributed by atoms with Gasteiger partial charge in [-0.15, -0.1) is 0 Å². The lowest BCUT2D eigenvalue weighted by atomic mass is 10.2. The second kappa shape index (κ2) is 3.82. The number of fused-ring (bicyclic) bond motifs is 1. The molecule has 0 aliphatic rings. The first-order valence-electron chi connectivity index (χ1n) is 5.37. The molecule has 2 aromatic heterocycles. The predicted molar refractivity (Wildman–Crippen MR) is 71.0 cm³/mol. The second-order valence-corrected chi connectivity index (χ2v) is 4.38. The van der Waals surface area contributed by atoms with Crippen molar-refractivity contribution in [3.8, 4) is 5.69 Å². The molecule has 0 bridgehead atoms. The maximum absolute atomic E-state index is 5.27. The van der Waals surface area contributed by atoms with Crippen LogP contribution in [0.4, 0.5) is 0 Å². The van der Waals surface area contributed by atoms with E-state index in [1.54, 1.807) is 6.20 Å². The third-order valence-corrected chi connectivity index (χ3v) is 3.01. The Balaban J connectivity index is 2.25. The van der Waals surface area contributed by atoms with Crippen LogP contribution in [0, 0.1) is 11.7 Å². The van der Waals surface area contributed by atoms with Crippen LogP contribution in [-0.4, -0.2) is 14.5 Å². The summed E-state index contributed by atoms with van der Waals surface area (Å²) in [6, 6.07) is 10.1. The lowest BCUT2D eigenvalue weighted by Crippen LogP contribution is -1.92. The summed E-state index contributed by atoms with van der Waals surface area (Å²) in [5.74, 6) is 0. The van der Waals surface area contributed by atoms with Gasteiger partial charge in [0.05, 0.1) is 5.52 Å². The minimum atomic E-state index is 0.714. The highest BCUT2D eigenvalue weighted by Gasteiger charge is 2.01. The molecule has 3 nitrogen and oxygen atoms in total. The lowest BCUT2D eigenvalue weighted by Gasteiger charge is -2.03. The van der Waals surface area contributed by atoms with Gasteiger partial charge in [0.2, 0.25) is 0 Å². The molecular formula is C13H11N3S. The largest absolute Gasteiger partial charge is 0.335 e. The normalized spacial score (nSPS) is 10.9. The van der Waals surface area contributed by atoms with E-state index in [-0.39, 0.29) is 0 Å². The Morgan fingerprint density at radius 1 is 1.29 bits per heavy atom. The highest BCUT2D eigenvalue weighted by atomic mass is 32.1. The fraction of sp³-hybridized carbons (Fsp3) is 0.0769. The van der Waals surface area contributed by atoms with E-state index in [2.05, 4.69) is 22.1 Å². The predicted octanol–water partition coefficient (Wildman–Crippen LogP) is 3.39. The van der Waals surface area contributed by atoms with Gasteiger partial charge in [0, 0.05) is 29.2 Å². The maximum atomic E-state index is 5.27. The molecule has 0 aliphatic carbocycles. The molecule has 0 atom stereocenters. The number of aryl methyl sites for hydroxylation is 1. The highest BCUT2D eigenvalue weighted by Crippen LogP contribution is 2.17. The van der Waals surface area contributed by atoms with Crippen LogP contribution in [0.3, 0.4) is 0 Å². The molecule has 1 N–H and O–H groups in total. The Morgan fingerprint density at radius 3 is 2.94 bits per heavy atom. The summed E-state index contributed by atoms with van der Waals surface area (Å²) < 4.78 is 2.68. The fourth-order valence-electron chi connectivity index (χ4n) is 1.92. The van der Waals surface area contributed by atoms with Crippen molar-refractivity contribution in [2.24, 2.45) is 0 Å². The number of aromatic nitrogens is 3. The van der Waals surface area contributed by atoms with Crippen LogP contribution in [0.5, 0.6) is 0 Å². The molecule has 84 valence electrons. The van der Waals surface area contributed by atoms with Crippen molar-refractivity contribution >= 4 is 23.1 Å². The molecule has 0 radical (unpaired) electrons. The zero-order valence-electron chi connectivity index (χ0n) is 9.34. The second-order valence-electron chi connectivity index (χ2n) is 3.99. The average molecular weight is 241 g/mol. The third-order valence-electron chi connectivity index (χ3n) is 2.71. The molecule has 4 heteroatoms. The molecule has 0 amide bonds. The van der Waals surface area contributed by atoms with Crippen molar-refractivity contribution < 1.29 is 0 Å². The summed E-state index contributed by atoms with van der Waals surface area (Å²) in [5.41, 5.74) is 3.11. The van der Waals surface area contributed by atoms with Gasteiger partial charge in [0.1, 0.15) is 0 Å². The van der Waals surface area contributed by atoms with E-state index in [1.807, 2.05) is 35.9 Å². The van der Waals surface area contributed by atoms with Crippen molar-refractivity contribution in [3.63, 3.8) is 0 Å². The van der Waals surface area contributed by atoms with Crippen molar-refractivity contribution in [1.82, 2.24) is 14.5 Å². The Labute approximate surface area is 104 Å². The van der Waals surface area contributed by atoms with Gasteiger partial charge >= 0.3 is 0 Å². The van der Waals surface area contributed by atoms with Crippen molar-refractivity contribution in [3.05, 3.63) is 53.2 Å². The summed E-state index contributed by atoms with van der Waals surface area (Å²) >= 11 is 5.27. The van der Waals surface area contributed by atoms with Gasteiger partial charge in [-0.2, -0.15) is 0 Å². The van der Waals surface area contributed by atoms with Crippen LogP contribution in [-0.2, 0) is 0 Å². The van der Waals surface area contributed by atoms with E-state index in [1.165, 1.54) is 0 Å². The summed E-state index contributed by atoms with van der Waals surface area (Å²) in [6.45, 7) is 1.99. The van der Waals surface area contributed by atoms with E-state index in [4.69, 9.17) is 12.2 Å². The monoisotopic (exact) mass is 241 g/mol. The summed E-state index contributed by atoms with van der Waals surface area (Å²) in [4.78, 5) is 7.42. The number of hydrogen-bond donors (Lipinski definition) is 1. The highest BCUT2D eigenvalue weighted by molar-refractivity contribution is 7.71. The Morgan fingerprint density at radius 2 is 2.18 bits per heavy atom. The van der Waals surface area contributed by atoms with Crippen molar-refractivity contribution in [2.45, 2.75) is 6.92 Å². The van der Waals surface area contributed by atoms with E-state index in [0.717, 1.165) is 22.3 Å². The number of rotatable bonds is 1. The van der Waals surface area contributed by atoms with Crippen LogP contribution in [0.1, 0.15) is 5.69 Å². The molecule has 0 saturated heterocycles. The van der Waals surface area contributed by atoms with Gasteiger partial charge in [-0.3, -0.25) is 9.55 Å². The first kappa shape index (κ1) is 10.2. The van der Waals surface area contributed by atoms with Crippen LogP contribution >= 0.6 is 12.2 Å². The van der Waals surface area contributed by atoms with Gasteiger partial charge in [0.25, 0.3) is 0 Å². The molecule has 2 heterocycles. The average Bonchev–Trinajstić information content (AvgIpc) is 2.68.